The van der Waals surface area contributed by atoms with Crippen LogP contribution >= 0.6 is 0 Å². The minimum absolute atomic E-state index is 0.00278. The Morgan fingerprint density at radius 3 is 2.56 bits per heavy atom. The van der Waals surface area contributed by atoms with Crippen molar-refractivity contribution in [1.82, 2.24) is 19.7 Å². The van der Waals surface area contributed by atoms with E-state index in [2.05, 4.69) is 9.97 Å². The highest BCUT2D eigenvalue weighted by atomic mass is 19.4. The molecular weight excluding hydrogens is 225 g/mol. The van der Waals surface area contributed by atoms with Gasteiger partial charge in [-0.3, -0.25) is 14.9 Å². The molecule has 2 heterocycles. The lowest BCUT2D eigenvalue weighted by Gasteiger charge is -2.02. The summed E-state index contributed by atoms with van der Waals surface area (Å²) < 4.78 is 37.5. The molecule has 0 amide bonds. The lowest BCUT2D eigenvalue weighted by atomic mass is 10.4. The number of hydrogen-bond donors (Lipinski definition) is 1. The molecule has 2 aromatic rings. The van der Waals surface area contributed by atoms with Gasteiger partial charge in [-0.2, -0.15) is 17.9 Å². The quantitative estimate of drug-likeness (QED) is 0.794. The SMILES string of the molecule is O=c1cc(C(F)(F)F)[nH]n1-c1cnccn1. The average Bonchev–Trinajstić information content (AvgIpc) is 2.61. The fraction of sp³-hybridized carbons (Fsp3) is 0.125. The predicted molar refractivity (Wildman–Crippen MR) is 47.0 cm³/mol. The fourth-order valence-electron chi connectivity index (χ4n) is 1.12. The highest BCUT2D eigenvalue weighted by molar-refractivity contribution is 5.18. The summed E-state index contributed by atoms with van der Waals surface area (Å²) in [6.45, 7) is 0. The second kappa shape index (κ2) is 3.47. The molecule has 0 fully saturated rings. The first kappa shape index (κ1) is 10.4. The molecule has 8 heteroatoms. The lowest BCUT2D eigenvalue weighted by molar-refractivity contribution is -0.141. The van der Waals surface area contributed by atoms with Gasteiger partial charge in [0.05, 0.1) is 6.20 Å². The van der Waals surface area contributed by atoms with Crippen molar-refractivity contribution in [2.75, 3.05) is 0 Å². The monoisotopic (exact) mass is 230 g/mol. The molecule has 0 atom stereocenters. The molecular formula is C8H5F3N4O. The molecule has 5 nitrogen and oxygen atoms in total. The second-order valence-electron chi connectivity index (χ2n) is 2.90. The minimum atomic E-state index is -4.59. The van der Waals surface area contributed by atoms with E-state index in [1.54, 1.807) is 0 Å². The van der Waals surface area contributed by atoms with Crippen LogP contribution in [0.2, 0.25) is 0 Å². The molecule has 0 aliphatic heterocycles. The van der Waals surface area contributed by atoms with Crippen molar-refractivity contribution in [3.63, 3.8) is 0 Å². The Balaban J connectivity index is 2.53. The Morgan fingerprint density at radius 2 is 2.06 bits per heavy atom. The first-order chi connectivity index (χ1) is 7.48. The van der Waals surface area contributed by atoms with Crippen molar-refractivity contribution >= 4 is 0 Å². The number of nitrogens with zero attached hydrogens (tertiary/aromatic N) is 3. The van der Waals surface area contributed by atoms with Gasteiger partial charge in [0, 0.05) is 18.5 Å². The van der Waals surface area contributed by atoms with Crippen LogP contribution in [-0.4, -0.2) is 19.7 Å². The molecule has 0 radical (unpaired) electrons. The van der Waals surface area contributed by atoms with E-state index in [1.807, 2.05) is 5.10 Å². The highest BCUT2D eigenvalue weighted by Gasteiger charge is 2.33. The standard InChI is InChI=1S/C8H5F3N4O/c9-8(10,11)5-3-7(16)15(14-5)6-4-12-1-2-13-6/h1-4,14H. The normalized spacial score (nSPS) is 11.7. The van der Waals surface area contributed by atoms with Crippen LogP contribution in [0.3, 0.4) is 0 Å². The van der Waals surface area contributed by atoms with Crippen LogP contribution in [-0.2, 0) is 6.18 Å². The summed E-state index contributed by atoms with van der Waals surface area (Å²) in [5.74, 6) is 0.00278. The first-order valence-corrected chi connectivity index (χ1v) is 4.14. The Hall–Kier alpha value is -2.12. The lowest BCUT2D eigenvalue weighted by Crippen LogP contribution is -2.15. The van der Waals surface area contributed by atoms with Gasteiger partial charge in [0.1, 0.15) is 5.69 Å². The van der Waals surface area contributed by atoms with E-state index in [1.165, 1.54) is 18.6 Å². The maximum atomic E-state index is 12.3. The fourth-order valence-corrected chi connectivity index (χ4v) is 1.12. The van der Waals surface area contributed by atoms with E-state index >= 15 is 0 Å². The van der Waals surface area contributed by atoms with Gasteiger partial charge in [-0.1, -0.05) is 0 Å². The largest absolute Gasteiger partial charge is 0.432 e. The van der Waals surface area contributed by atoms with Crippen molar-refractivity contribution in [1.29, 1.82) is 0 Å². The van der Waals surface area contributed by atoms with E-state index in [9.17, 15) is 18.0 Å². The molecule has 0 aliphatic carbocycles. The molecule has 0 saturated heterocycles. The van der Waals surface area contributed by atoms with Gasteiger partial charge in [0.2, 0.25) is 0 Å². The van der Waals surface area contributed by atoms with Gasteiger partial charge in [-0.25, -0.2) is 4.98 Å². The summed E-state index contributed by atoms with van der Waals surface area (Å²) in [5.41, 5.74) is -1.96. The van der Waals surface area contributed by atoms with Crippen molar-refractivity contribution in [3.05, 3.63) is 40.7 Å². The Labute approximate surface area is 86.6 Å². The molecule has 16 heavy (non-hydrogen) atoms. The molecule has 2 rings (SSSR count). The van der Waals surface area contributed by atoms with E-state index in [4.69, 9.17) is 0 Å². The van der Waals surface area contributed by atoms with E-state index in [0.29, 0.717) is 10.7 Å². The summed E-state index contributed by atoms with van der Waals surface area (Å²) in [4.78, 5) is 18.6. The number of halogens is 3. The third-order valence-corrected chi connectivity index (χ3v) is 1.80. The summed E-state index contributed by atoms with van der Waals surface area (Å²) in [6.07, 6.45) is -0.789. The predicted octanol–water partition coefficient (Wildman–Crippen LogP) is 0.974. The van der Waals surface area contributed by atoms with Gasteiger partial charge < -0.3 is 0 Å². The van der Waals surface area contributed by atoms with Crippen molar-refractivity contribution in [3.8, 4) is 5.82 Å². The van der Waals surface area contributed by atoms with Crippen LogP contribution in [0.1, 0.15) is 5.69 Å². The van der Waals surface area contributed by atoms with Gasteiger partial charge in [-0.05, 0) is 0 Å². The van der Waals surface area contributed by atoms with Crippen molar-refractivity contribution in [2.45, 2.75) is 6.18 Å². The zero-order chi connectivity index (χ0) is 11.8. The maximum Gasteiger partial charge on any atom is 0.432 e. The summed E-state index contributed by atoms with van der Waals surface area (Å²) >= 11 is 0. The second-order valence-corrected chi connectivity index (χ2v) is 2.90. The zero-order valence-corrected chi connectivity index (χ0v) is 7.69. The van der Waals surface area contributed by atoms with Crippen molar-refractivity contribution < 1.29 is 13.2 Å². The van der Waals surface area contributed by atoms with E-state index < -0.39 is 17.4 Å². The van der Waals surface area contributed by atoms with Crippen LogP contribution in [0.25, 0.3) is 5.82 Å². The number of H-pyrrole nitrogens is 1. The highest BCUT2D eigenvalue weighted by Crippen LogP contribution is 2.26. The van der Waals surface area contributed by atoms with Crippen LogP contribution < -0.4 is 5.56 Å². The minimum Gasteiger partial charge on any atom is -0.285 e. The van der Waals surface area contributed by atoms with Crippen LogP contribution in [0, 0.1) is 0 Å². The number of alkyl halides is 3. The van der Waals surface area contributed by atoms with Crippen LogP contribution in [0.5, 0.6) is 0 Å². The number of rotatable bonds is 1. The molecule has 1 N–H and O–H groups in total. The third-order valence-electron chi connectivity index (χ3n) is 1.80. The van der Waals surface area contributed by atoms with E-state index in [0.717, 1.165) is 0 Å². The number of aromatic amines is 1. The molecule has 0 spiro atoms. The Morgan fingerprint density at radius 1 is 1.31 bits per heavy atom. The third kappa shape index (κ3) is 1.81. The zero-order valence-electron chi connectivity index (χ0n) is 7.69. The summed E-state index contributed by atoms with van der Waals surface area (Å²) in [5, 5.41) is 1.91. The number of nitrogens with one attached hydrogen (secondary N) is 1. The van der Waals surface area contributed by atoms with Crippen molar-refractivity contribution in [2.24, 2.45) is 0 Å². The van der Waals surface area contributed by atoms with Gasteiger partial charge in [0.25, 0.3) is 5.56 Å². The maximum absolute atomic E-state index is 12.3. The Bertz CT molecular complexity index is 542. The molecule has 0 bridgehead atoms. The van der Waals surface area contributed by atoms with Gasteiger partial charge >= 0.3 is 6.18 Å². The summed E-state index contributed by atoms with van der Waals surface area (Å²) in [6, 6.07) is 0.467. The number of hydrogen-bond acceptors (Lipinski definition) is 3. The molecule has 0 aromatic carbocycles. The smallest absolute Gasteiger partial charge is 0.285 e. The number of aromatic nitrogens is 4. The van der Waals surface area contributed by atoms with Gasteiger partial charge in [-0.15, -0.1) is 0 Å². The van der Waals surface area contributed by atoms with Gasteiger partial charge in [0.15, 0.2) is 5.82 Å². The molecule has 2 aromatic heterocycles. The van der Waals surface area contributed by atoms with Crippen LogP contribution in [0.15, 0.2) is 29.5 Å². The summed E-state index contributed by atoms with van der Waals surface area (Å²) in [7, 11) is 0. The molecule has 0 saturated carbocycles. The topological polar surface area (TPSA) is 63.6 Å². The van der Waals surface area contributed by atoms with Crippen LogP contribution in [0.4, 0.5) is 13.2 Å². The Kier molecular flexibility index (Phi) is 2.26. The molecule has 0 aliphatic rings. The average molecular weight is 230 g/mol. The molecule has 84 valence electrons. The molecule has 0 unspecified atom stereocenters. The van der Waals surface area contributed by atoms with E-state index in [-0.39, 0.29) is 5.82 Å². The first-order valence-electron chi connectivity index (χ1n) is 4.14.